The quantitative estimate of drug-likeness (QED) is 0.700. The van der Waals surface area contributed by atoms with Gasteiger partial charge in [0.25, 0.3) is 0 Å². The molecule has 3 aromatic rings. The van der Waals surface area contributed by atoms with Crippen molar-refractivity contribution < 1.29 is 0 Å². The molecule has 3 heteroatoms. The highest BCUT2D eigenvalue weighted by atomic mass is 32.1. The van der Waals surface area contributed by atoms with Crippen molar-refractivity contribution in [3.63, 3.8) is 0 Å². The molecule has 0 aliphatic carbocycles. The molecule has 1 N–H and O–H groups in total. The van der Waals surface area contributed by atoms with Crippen LogP contribution in [-0.4, -0.2) is 4.98 Å². The minimum absolute atomic E-state index is 0.245. The minimum Gasteiger partial charge on any atom is -0.378 e. The minimum atomic E-state index is 0.245. The topological polar surface area (TPSA) is 24.9 Å². The maximum absolute atomic E-state index is 4.60. The van der Waals surface area contributed by atoms with Crippen LogP contribution >= 0.6 is 11.3 Å². The molecule has 0 spiro atoms. The molecule has 2 aromatic heterocycles. The van der Waals surface area contributed by atoms with Gasteiger partial charge >= 0.3 is 0 Å². The zero-order chi connectivity index (χ0) is 15.0. The summed E-state index contributed by atoms with van der Waals surface area (Å²) < 4.78 is 1.33. The molecule has 0 aliphatic rings. The van der Waals surface area contributed by atoms with E-state index in [1.807, 2.05) is 6.92 Å². The first-order chi connectivity index (χ1) is 10.0. The van der Waals surface area contributed by atoms with Crippen LogP contribution < -0.4 is 5.32 Å². The smallest absolute Gasteiger partial charge is 0.0506 e. The monoisotopic (exact) mass is 296 g/mol. The van der Waals surface area contributed by atoms with Gasteiger partial charge in [0, 0.05) is 21.8 Å². The first-order valence-electron chi connectivity index (χ1n) is 7.23. The van der Waals surface area contributed by atoms with E-state index in [0.717, 1.165) is 17.1 Å². The third-order valence-corrected chi connectivity index (χ3v) is 4.75. The maximum atomic E-state index is 4.60. The number of thiophene rings is 1. The van der Waals surface area contributed by atoms with E-state index in [0.29, 0.717) is 0 Å². The van der Waals surface area contributed by atoms with E-state index in [4.69, 9.17) is 0 Å². The summed E-state index contributed by atoms with van der Waals surface area (Å²) in [5, 5.41) is 7.04. The molecular weight excluding hydrogens is 276 g/mol. The molecular formula is C18H20N2S. The van der Waals surface area contributed by atoms with Gasteiger partial charge in [-0.15, -0.1) is 11.3 Å². The Bertz CT molecular complexity index is 766. The van der Waals surface area contributed by atoms with Gasteiger partial charge in [-0.2, -0.15) is 0 Å². The second-order valence-corrected chi connectivity index (χ2v) is 6.57. The van der Waals surface area contributed by atoms with Crippen molar-refractivity contribution in [1.82, 2.24) is 4.98 Å². The number of aryl methyl sites for hydroxylation is 3. The van der Waals surface area contributed by atoms with Crippen LogP contribution in [-0.2, 0) is 0 Å². The summed E-state index contributed by atoms with van der Waals surface area (Å²) in [6, 6.07) is 11.1. The number of anilines is 1. The van der Waals surface area contributed by atoms with Gasteiger partial charge in [-0.3, -0.25) is 4.98 Å². The lowest BCUT2D eigenvalue weighted by molar-refractivity contribution is 0.843. The maximum Gasteiger partial charge on any atom is 0.0506 e. The summed E-state index contributed by atoms with van der Waals surface area (Å²) >= 11 is 1.78. The second-order valence-electron chi connectivity index (χ2n) is 5.62. The normalized spacial score (nSPS) is 12.6. The van der Waals surface area contributed by atoms with Crippen molar-refractivity contribution in [1.29, 1.82) is 0 Å². The Balaban J connectivity index is 1.90. The Morgan fingerprint density at radius 1 is 1.10 bits per heavy atom. The fourth-order valence-corrected chi connectivity index (χ4v) is 3.84. The molecule has 3 rings (SSSR count). The number of nitrogens with one attached hydrogen (secondary N) is 1. The Morgan fingerprint density at radius 3 is 2.67 bits per heavy atom. The summed E-state index contributed by atoms with van der Waals surface area (Å²) in [5.74, 6) is 0. The van der Waals surface area contributed by atoms with E-state index in [-0.39, 0.29) is 6.04 Å². The highest BCUT2D eigenvalue weighted by Gasteiger charge is 2.13. The SMILES string of the molecule is Cc1cc(C)c(C(C)Nc2ccc3sccc3c2)c(C)n1. The fourth-order valence-electron chi connectivity index (χ4n) is 3.07. The molecule has 0 fully saturated rings. The lowest BCUT2D eigenvalue weighted by Gasteiger charge is -2.20. The summed E-state index contributed by atoms with van der Waals surface area (Å²) in [6.45, 7) is 8.50. The molecule has 108 valence electrons. The average Bonchev–Trinajstić information content (AvgIpc) is 2.84. The summed E-state index contributed by atoms with van der Waals surface area (Å²) in [7, 11) is 0. The van der Waals surface area contributed by atoms with Gasteiger partial charge in [0.2, 0.25) is 0 Å². The first kappa shape index (κ1) is 14.1. The van der Waals surface area contributed by atoms with Gasteiger partial charge in [-0.05, 0) is 79.9 Å². The van der Waals surface area contributed by atoms with Gasteiger partial charge in [-0.1, -0.05) is 0 Å². The van der Waals surface area contributed by atoms with E-state index in [2.05, 4.69) is 66.8 Å². The zero-order valence-corrected chi connectivity index (χ0v) is 13.7. The van der Waals surface area contributed by atoms with Gasteiger partial charge in [-0.25, -0.2) is 0 Å². The molecule has 21 heavy (non-hydrogen) atoms. The Hall–Kier alpha value is -1.87. The Labute approximate surface area is 129 Å². The molecule has 0 bridgehead atoms. The van der Waals surface area contributed by atoms with Crippen LogP contribution in [0.15, 0.2) is 35.7 Å². The largest absolute Gasteiger partial charge is 0.378 e. The number of rotatable bonds is 3. The molecule has 2 heterocycles. The van der Waals surface area contributed by atoms with Crippen molar-refractivity contribution in [3.05, 3.63) is 58.2 Å². The van der Waals surface area contributed by atoms with Crippen molar-refractivity contribution in [2.75, 3.05) is 5.32 Å². The van der Waals surface area contributed by atoms with Crippen molar-refractivity contribution in [3.8, 4) is 0 Å². The van der Waals surface area contributed by atoms with Crippen molar-refractivity contribution in [2.45, 2.75) is 33.7 Å². The third-order valence-electron chi connectivity index (χ3n) is 3.85. The van der Waals surface area contributed by atoms with E-state index in [1.165, 1.54) is 21.2 Å². The molecule has 0 amide bonds. The van der Waals surface area contributed by atoms with Crippen LogP contribution in [0.1, 0.15) is 35.5 Å². The number of aromatic nitrogens is 1. The van der Waals surface area contributed by atoms with Gasteiger partial charge in [0.05, 0.1) is 6.04 Å². The molecule has 1 atom stereocenters. The number of benzene rings is 1. The first-order valence-corrected chi connectivity index (χ1v) is 8.11. The third kappa shape index (κ3) is 2.79. The van der Waals surface area contributed by atoms with Crippen LogP contribution in [0.3, 0.4) is 0 Å². The van der Waals surface area contributed by atoms with Gasteiger partial charge in [0.1, 0.15) is 0 Å². The van der Waals surface area contributed by atoms with Crippen LogP contribution in [0.5, 0.6) is 0 Å². The number of hydrogen-bond donors (Lipinski definition) is 1. The molecule has 1 unspecified atom stereocenters. The van der Waals surface area contributed by atoms with Crippen LogP contribution in [0.25, 0.3) is 10.1 Å². The number of nitrogens with zero attached hydrogens (tertiary/aromatic N) is 1. The Morgan fingerprint density at radius 2 is 1.90 bits per heavy atom. The average molecular weight is 296 g/mol. The standard InChI is InChI=1S/C18H20N2S/c1-11-9-12(2)19-13(3)18(11)14(4)20-16-5-6-17-15(10-16)7-8-21-17/h5-10,14,20H,1-4H3. The molecule has 0 radical (unpaired) electrons. The van der Waals surface area contributed by atoms with Crippen molar-refractivity contribution >= 4 is 27.1 Å². The van der Waals surface area contributed by atoms with Gasteiger partial charge < -0.3 is 5.32 Å². The lowest BCUT2D eigenvalue weighted by Crippen LogP contribution is -2.11. The van der Waals surface area contributed by atoms with Crippen LogP contribution in [0.4, 0.5) is 5.69 Å². The van der Waals surface area contributed by atoms with E-state index in [9.17, 15) is 0 Å². The zero-order valence-electron chi connectivity index (χ0n) is 12.9. The van der Waals surface area contributed by atoms with Crippen LogP contribution in [0.2, 0.25) is 0 Å². The second kappa shape index (κ2) is 5.49. The van der Waals surface area contributed by atoms with E-state index >= 15 is 0 Å². The predicted molar refractivity (Wildman–Crippen MR) is 92.3 cm³/mol. The van der Waals surface area contributed by atoms with E-state index < -0.39 is 0 Å². The highest BCUT2D eigenvalue weighted by Crippen LogP contribution is 2.28. The Kier molecular flexibility index (Phi) is 3.68. The van der Waals surface area contributed by atoms with Gasteiger partial charge in [0.15, 0.2) is 0 Å². The summed E-state index contributed by atoms with van der Waals surface area (Å²) in [5.41, 5.74) is 5.96. The predicted octanol–water partition coefficient (Wildman–Crippen LogP) is 5.39. The molecule has 2 nitrogen and oxygen atoms in total. The van der Waals surface area contributed by atoms with E-state index in [1.54, 1.807) is 11.3 Å². The van der Waals surface area contributed by atoms with Crippen molar-refractivity contribution in [2.24, 2.45) is 0 Å². The lowest BCUT2D eigenvalue weighted by atomic mass is 10.00. The van der Waals surface area contributed by atoms with Crippen LogP contribution in [0, 0.1) is 20.8 Å². The molecule has 0 saturated carbocycles. The summed E-state index contributed by atoms with van der Waals surface area (Å²) in [4.78, 5) is 4.60. The number of hydrogen-bond acceptors (Lipinski definition) is 3. The summed E-state index contributed by atoms with van der Waals surface area (Å²) in [6.07, 6.45) is 0. The highest BCUT2D eigenvalue weighted by molar-refractivity contribution is 7.17. The molecule has 0 saturated heterocycles. The molecule has 1 aromatic carbocycles. The number of pyridine rings is 1. The fraction of sp³-hybridized carbons (Fsp3) is 0.278. The molecule has 0 aliphatic heterocycles. The number of fused-ring (bicyclic) bond motifs is 1.